The van der Waals surface area contributed by atoms with E-state index in [2.05, 4.69) is 5.10 Å². The molecule has 0 atom stereocenters. The molecule has 1 aromatic heterocycles. The van der Waals surface area contributed by atoms with Gasteiger partial charge in [0.1, 0.15) is 6.07 Å². The Hall–Kier alpha value is -2.68. The molecule has 6 heteroatoms. The molecule has 2 rings (SSSR count). The highest BCUT2D eigenvalue weighted by Crippen LogP contribution is 2.14. The van der Waals surface area contributed by atoms with E-state index in [4.69, 9.17) is 10.00 Å². The van der Waals surface area contributed by atoms with E-state index in [1.165, 1.54) is 4.68 Å². The zero-order valence-corrected chi connectivity index (χ0v) is 10.3. The van der Waals surface area contributed by atoms with Crippen molar-refractivity contribution in [1.82, 2.24) is 9.78 Å². The summed E-state index contributed by atoms with van der Waals surface area (Å²) >= 11 is 0. The molecule has 0 aliphatic carbocycles. The molecule has 0 unspecified atom stereocenters. The van der Waals surface area contributed by atoms with Crippen molar-refractivity contribution in [2.75, 3.05) is 6.61 Å². The fourth-order valence-corrected chi connectivity index (χ4v) is 1.77. The lowest BCUT2D eigenvalue weighted by Gasteiger charge is -2.08. The number of aryl methyl sites for hydroxylation is 1. The molecule has 0 N–H and O–H groups in total. The van der Waals surface area contributed by atoms with Gasteiger partial charge in [-0.25, -0.2) is 9.48 Å². The maximum atomic E-state index is 12.0. The van der Waals surface area contributed by atoms with Crippen LogP contribution in [0.15, 0.2) is 29.1 Å². The van der Waals surface area contributed by atoms with Crippen LogP contribution in [0, 0.1) is 11.3 Å². The van der Waals surface area contributed by atoms with Gasteiger partial charge in [-0.2, -0.15) is 10.4 Å². The summed E-state index contributed by atoms with van der Waals surface area (Å²) in [4.78, 5) is 23.9. The topological polar surface area (TPSA) is 85.0 Å². The Kier molecular flexibility index (Phi) is 3.57. The first-order chi connectivity index (χ1) is 9.19. The van der Waals surface area contributed by atoms with E-state index in [9.17, 15) is 9.59 Å². The Labute approximate surface area is 108 Å². The van der Waals surface area contributed by atoms with Crippen LogP contribution in [0.4, 0.5) is 0 Å². The molecule has 6 nitrogen and oxygen atoms in total. The number of ether oxygens (including phenoxy) is 1. The maximum Gasteiger partial charge on any atom is 0.360 e. The van der Waals surface area contributed by atoms with Crippen LogP contribution in [0.25, 0.3) is 10.8 Å². The number of esters is 1. The number of hydrogen-bond acceptors (Lipinski definition) is 5. The van der Waals surface area contributed by atoms with Gasteiger partial charge >= 0.3 is 5.97 Å². The molecular formula is C13H11N3O3. The highest BCUT2D eigenvalue weighted by Gasteiger charge is 2.17. The summed E-state index contributed by atoms with van der Waals surface area (Å²) in [6.45, 7) is 1.76. The molecule has 2 aromatic rings. The molecular weight excluding hydrogens is 246 g/mol. The van der Waals surface area contributed by atoms with Gasteiger partial charge in [-0.15, -0.1) is 0 Å². The first kappa shape index (κ1) is 12.8. The zero-order valence-electron chi connectivity index (χ0n) is 10.3. The smallest absolute Gasteiger partial charge is 0.360 e. The summed E-state index contributed by atoms with van der Waals surface area (Å²) in [6.07, 6.45) is 0. The summed E-state index contributed by atoms with van der Waals surface area (Å²) in [6, 6.07) is 8.41. The lowest BCUT2D eigenvalue weighted by molar-refractivity contribution is 0.0548. The largest absolute Gasteiger partial charge is 0.445 e. The Balaban J connectivity index is 2.67. The summed E-state index contributed by atoms with van der Waals surface area (Å²) in [5.74, 6) is -0.708. The Morgan fingerprint density at radius 3 is 2.74 bits per heavy atom. The molecule has 96 valence electrons. The van der Waals surface area contributed by atoms with Crippen molar-refractivity contribution in [2.45, 2.75) is 13.5 Å². The van der Waals surface area contributed by atoms with Crippen molar-refractivity contribution in [3.8, 4) is 6.07 Å². The summed E-state index contributed by atoms with van der Waals surface area (Å²) in [5.41, 5.74) is -0.206. The molecule has 1 aromatic carbocycles. The number of carbonyl (C=O) groups excluding carboxylic acids is 1. The molecule has 0 spiro atoms. The minimum atomic E-state index is -0.708. The fourth-order valence-electron chi connectivity index (χ4n) is 1.77. The summed E-state index contributed by atoms with van der Waals surface area (Å²) < 4.78 is 5.95. The van der Waals surface area contributed by atoms with Gasteiger partial charge in [-0.1, -0.05) is 18.2 Å². The molecule has 0 aliphatic heterocycles. The number of rotatable bonds is 3. The molecule has 0 aliphatic rings. The molecule has 0 bridgehead atoms. The number of benzene rings is 1. The number of fused-ring (bicyclic) bond motifs is 1. The lowest BCUT2D eigenvalue weighted by Crippen LogP contribution is -2.25. The maximum absolute atomic E-state index is 12.0. The van der Waals surface area contributed by atoms with Gasteiger partial charge in [0.25, 0.3) is 5.56 Å². The van der Waals surface area contributed by atoms with Gasteiger partial charge < -0.3 is 4.74 Å². The first-order valence-electron chi connectivity index (χ1n) is 5.73. The van der Waals surface area contributed by atoms with Crippen molar-refractivity contribution < 1.29 is 9.53 Å². The second-order valence-electron chi connectivity index (χ2n) is 3.75. The number of nitriles is 1. The molecule has 0 amide bonds. The van der Waals surface area contributed by atoms with E-state index in [1.54, 1.807) is 37.3 Å². The van der Waals surface area contributed by atoms with Crippen LogP contribution in [0.3, 0.4) is 0 Å². The monoisotopic (exact) mass is 257 g/mol. The molecule has 0 saturated carbocycles. The van der Waals surface area contributed by atoms with Crippen molar-refractivity contribution in [2.24, 2.45) is 0 Å². The van der Waals surface area contributed by atoms with Crippen LogP contribution in [0.1, 0.15) is 17.4 Å². The third-order valence-electron chi connectivity index (χ3n) is 2.63. The third-order valence-corrected chi connectivity index (χ3v) is 2.63. The van der Waals surface area contributed by atoms with Crippen LogP contribution in [0.2, 0.25) is 0 Å². The minimum absolute atomic E-state index is 0.0484. The number of aromatic nitrogens is 2. The first-order valence-corrected chi connectivity index (χ1v) is 5.73. The minimum Gasteiger partial charge on any atom is -0.445 e. The molecule has 0 saturated heterocycles. The second kappa shape index (κ2) is 5.31. The van der Waals surface area contributed by atoms with E-state index in [0.29, 0.717) is 17.3 Å². The number of nitrogens with zero attached hydrogens (tertiary/aromatic N) is 3. The second-order valence-corrected chi connectivity index (χ2v) is 3.75. The normalized spacial score (nSPS) is 10.1. The Morgan fingerprint density at radius 1 is 1.42 bits per heavy atom. The predicted octanol–water partition coefficient (Wildman–Crippen LogP) is 1.10. The van der Waals surface area contributed by atoms with E-state index >= 15 is 0 Å². The number of carbonyl (C=O) groups is 1. The standard InChI is InChI=1S/C13H11N3O3/c1-2-16-12(17)10-6-4-3-5-9(10)11(15-16)13(18)19-8-7-14/h3-6H,2,8H2,1H3. The Morgan fingerprint density at radius 2 is 2.11 bits per heavy atom. The van der Waals surface area contributed by atoms with Gasteiger partial charge in [0.05, 0.1) is 5.39 Å². The van der Waals surface area contributed by atoms with Gasteiger partial charge in [0.2, 0.25) is 0 Å². The average Bonchev–Trinajstić information content (AvgIpc) is 2.45. The third kappa shape index (κ3) is 2.31. The Bertz CT molecular complexity index is 728. The van der Waals surface area contributed by atoms with Crippen LogP contribution in [-0.2, 0) is 11.3 Å². The fraction of sp³-hybridized carbons (Fsp3) is 0.231. The highest BCUT2D eigenvalue weighted by atomic mass is 16.5. The van der Waals surface area contributed by atoms with Gasteiger partial charge in [0, 0.05) is 11.9 Å². The van der Waals surface area contributed by atoms with Crippen molar-refractivity contribution in [3.63, 3.8) is 0 Å². The SMILES string of the molecule is CCn1nc(C(=O)OCC#N)c2ccccc2c1=O. The molecule has 0 radical (unpaired) electrons. The van der Waals surface area contributed by atoms with Gasteiger partial charge in [0.15, 0.2) is 12.3 Å². The zero-order chi connectivity index (χ0) is 13.8. The number of hydrogen-bond donors (Lipinski definition) is 0. The van der Waals surface area contributed by atoms with Crippen molar-refractivity contribution in [3.05, 3.63) is 40.3 Å². The summed E-state index contributed by atoms with van der Waals surface area (Å²) in [7, 11) is 0. The van der Waals surface area contributed by atoms with E-state index in [-0.39, 0.29) is 17.9 Å². The van der Waals surface area contributed by atoms with Crippen LogP contribution in [0.5, 0.6) is 0 Å². The van der Waals surface area contributed by atoms with Gasteiger partial charge in [-0.05, 0) is 13.0 Å². The van der Waals surface area contributed by atoms with E-state index in [1.807, 2.05) is 0 Å². The van der Waals surface area contributed by atoms with Crippen molar-refractivity contribution >= 4 is 16.7 Å². The predicted molar refractivity (Wildman–Crippen MR) is 67.6 cm³/mol. The van der Waals surface area contributed by atoms with E-state index < -0.39 is 5.97 Å². The van der Waals surface area contributed by atoms with Crippen LogP contribution in [-0.4, -0.2) is 22.4 Å². The quantitative estimate of drug-likeness (QED) is 0.768. The molecule has 0 fully saturated rings. The highest BCUT2D eigenvalue weighted by molar-refractivity contribution is 6.02. The average molecular weight is 257 g/mol. The van der Waals surface area contributed by atoms with E-state index in [0.717, 1.165) is 0 Å². The van der Waals surface area contributed by atoms with Crippen LogP contribution < -0.4 is 5.56 Å². The molecule has 1 heterocycles. The van der Waals surface area contributed by atoms with Crippen LogP contribution >= 0.6 is 0 Å². The lowest BCUT2D eigenvalue weighted by atomic mass is 10.1. The molecule has 19 heavy (non-hydrogen) atoms. The van der Waals surface area contributed by atoms with Crippen molar-refractivity contribution in [1.29, 1.82) is 5.26 Å². The van der Waals surface area contributed by atoms with Gasteiger partial charge in [-0.3, -0.25) is 4.79 Å². The summed E-state index contributed by atoms with van der Waals surface area (Å²) in [5, 5.41) is 13.2.